The highest BCUT2D eigenvalue weighted by Gasteiger charge is 2.38. The van der Waals surface area contributed by atoms with Gasteiger partial charge in [0.1, 0.15) is 5.01 Å². The number of hydrogen-bond donors (Lipinski definition) is 2. The number of aryl methyl sites for hydroxylation is 1. The van der Waals surface area contributed by atoms with Gasteiger partial charge in [0.2, 0.25) is 5.91 Å². The number of aromatic nitrogens is 1. The number of ether oxygens (including phenoxy) is 1. The van der Waals surface area contributed by atoms with Crippen LogP contribution >= 0.6 is 23.7 Å². The zero-order chi connectivity index (χ0) is 18.9. The lowest BCUT2D eigenvalue weighted by molar-refractivity contribution is -0.130. The molecule has 1 fully saturated rings. The van der Waals surface area contributed by atoms with Crippen LogP contribution in [0.2, 0.25) is 0 Å². The maximum absolute atomic E-state index is 12.8. The van der Waals surface area contributed by atoms with E-state index in [0.29, 0.717) is 32.6 Å². The monoisotopic (exact) mass is 417 g/mol. The highest BCUT2D eigenvalue weighted by molar-refractivity contribution is 7.21. The molecule has 0 spiro atoms. The zero-order valence-corrected chi connectivity index (χ0v) is 17.4. The molecule has 2 heterocycles. The van der Waals surface area contributed by atoms with E-state index in [9.17, 15) is 4.79 Å². The number of hydrogen-bond acceptors (Lipinski definition) is 5. The maximum Gasteiger partial charge on any atom is 0.232 e. The van der Waals surface area contributed by atoms with Gasteiger partial charge in [0.05, 0.1) is 15.6 Å². The average Bonchev–Trinajstić information content (AvgIpc) is 3.12. The Labute approximate surface area is 174 Å². The molecular weight excluding hydrogens is 394 g/mol. The van der Waals surface area contributed by atoms with E-state index in [4.69, 9.17) is 15.5 Å². The molecule has 1 aliphatic rings. The standard InChI is InChI=1S/C21H23N3O2S.ClH/c1-14-2-7-17-18(12-14)27-19(24-17)15-3-5-16(6-4-15)23-20(25)21(13-22)8-10-26-11-9-21;/h2-7,12H,8-11,13,22H2,1H3,(H,23,25);1H. The third-order valence-electron chi connectivity index (χ3n) is 5.26. The molecular formula is C21H24ClN3O2S. The van der Waals surface area contributed by atoms with Crippen LogP contribution < -0.4 is 11.1 Å². The smallest absolute Gasteiger partial charge is 0.232 e. The van der Waals surface area contributed by atoms with E-state index in [2.05, 4.69) is 30.4 Å². The number of carbonyl (C=O) groups is 1. The number of nitrogens with zero attached hydrogens (tertiary/aromatic N) is 1. The number of nitrogens with two attached hydrogens (primary N) is 1. The first-order valence-electron chi connectivity index (χ1n) is 9.17. The summed E-state index contributed by atoms with van der Waals surface area (Å²) in [5.74, 6) is -0.0171. The second-order valence-electron chi connectivity index (χ2n) is 7.12. The van der Waals surface area contributed by atoms with Crippen LogP contribution in [0.25, 0.3) is 20.8 Å². The quantitative estimate of drug-likeness (QED) is 0.660. The lowest BCUT2D eigenvalue weighted by Crippen LogP contribution is -2.46. The lowest BCUT2D eigenvalue weighted by Gasteiger charge is -2.34. The molecule has 3 N–H and O–H groups in total. The number of halogens is 1. The highest BCUT2D eigenvalue weighted by atomic mass is 35.5. The van der Waals surface area contributed by atoms with Crippen molar-refractivity contribution in [2.24, 2.45) is 11.1 Å². The summed E-state index contributed by atoms with van der Waals surface area (Å²) in [6.07, 6.45) is 1.33. The normalized spacial score (nSPS) is 15.8. The fourth-order valence-electron chi connectivity index (χ4n) is 3.40. The van der Waals surface area contributed by atoms with E-state index in [1.165, 1.54) is 10.3 Å². The van der Waals surface area contributed by atoms with Crippen molar-refractivity contribution in [3.63, 3.8) is 0 Å². The fraction of sp³-hybridized carbons (Fsp3) is 0.333. The topological polar surface area (TPSA) is 77.2 Å². The summed E-state index contributed by atoms with van der Waals surface area (Å²) < 4.78 is 6.57. The van der Waals surface area contributed by atoms with Gasteiger partial charge in [-0.25, -0.2) is 4.98 Å². The van der Waals surface area contributed by atoms with Gasteiger partial charge in [0.25, 0.3) is 0 Å². The molecule has 0 saturated carbocycles. The molecule has 0 aliphatic carbocycles. The van der Waals surface area contributed by atoms with Gasteiger partial charge in [-0.05, 0) is 61.7 Å². The Kier molecular flexibility index (Phi) is 6.35. The highest BCUT2D eigenvalue weighted by Crippen LogP contribution is 2.33. The van der Waals surface area contributed by atoms with E-state index in [0.717, 1.165) is 21.8 Å². The summed E-state index contributed by atoms with van der Waals surface area (Å²) in [7, 11) is 0. The summed E-state index contributed by atoms with van der Waals surface area (Å²) in [6, 6.07) is 14.1. The molecule has 1 aromatic heterocycles. The van der Waals surface area contributed by atoms with Crippen LogP contribution in [0, 0.1) is 12.3 Å². The second kappa shape index (κ2) is 8.57. The number of carbonyl (C=O) groups excluding carboxylic acids is 1. The van der Waals surface area contributed by atoms with Crippen molar-refractivity contribution in [3.8, 4) is 10.6 Å². The third-order valence-corrected chi connectivity index (χ3v) is 6.32. The molecule has 0 bridgehead atoms. The number of benzene rings is 2. The first kappa shape index (κ1) is 20.7. The van der Waals surface area contributed by atoms with E-state index < -0.39 is 5.41 Å². The molecule has 1 amide bonds. The minimum Gasteiger partial charge on any atom is -0.381 e. The molecule has 5 nitrogen and oxygen atoms in total. The molecule has 1 saturated heterocycles. The number of fused-ring (bicyclic) bond motifs is 1. The third kappa shape index (κ3) is 4.05. The van der Waals surface area contributed by atoms with E-state index in [1.54, 1.807) is 11.3 Å². The SMILES string of the molecule is Cc1ccc2nc(-c3ccc(NC(=O)C4(CN)CCOCC4)cc3)sc2c1.Cl. The molecule has 2 aromatic carbocycles. The fourth-order valence-corrected chi connectivity index (χ4v) is 4.47. The van der Waals surface area contributed by atoms with Crippen molar-refractivity contribution in [1.29, 1.82) is 0 Å². The molecule has 0 radical (unpaired) electrons. The summed E-state index contributed by atoms with van der Waals surface area (Å²) in [5.41, 5.74) is 9.47. The average molecular weight is 418 g/mol. The predicted octanol–water partition coefficient (Wildman–Crippen LogP) is 4.39. The lowest BCUT2D eigenvalue weighted by atomic mass is 9.79. The number of amides is 1. The molecule has 1 aliphatic heterocycles. The summed E-state index contributed by atoms with van der Waals surface area (Å²) >= 11 is 1.68. The summed E-state index contributed by atoms with van der Waals surface area (Å²) in [6.45, 7) is 3.59. The Morgan fingerprint density at radius 1 is 1.21 bits per heavy atom. The number of rotatable bonds is 4. The number of anilines is 1. The first-order chi connectivity index (χ1) is 13.1. The second-order valence-corrected chi connectivity index (χ2v) is 8.15. The minimum atomic E-state index is -0.526. The van der Waals surface area contributed by atoms with Crippen LogP contribution in [0.15, 0.2) is 42.5 Å². The molecule has 28 heavy (non-hydrogen) atoms. The zero-order valence-electron chi connectivity index (χ0n) is 15.7. The van der Waals surface area contributed by atoms with Crippen molar-refractivity contribution in [1.82, 2.24) is 4.98 Å². The molecule has 148 valence electrons. The van der Waals surface area contributed by atoms with Gasteiger partial charge in [-0.2, -0.15) is 0 Å². The molecule has 0 atom stereocenters. The van der Waals surface area contributed by atoms with Gasteiger partial charge in [-0.1, -0.05) is 6.07 Å². The Morgan fingerprint density at radius 3 is 2.61 bits per heavy atom. The van der Waals surface area contributed by atoms with Gasteiger partial charge in [0, 0.05) is 31.0 Å². The Bertz CT molecular complexity index is 965. The van der Waals surface area contributed by atoms with E-state index in [-0.39, 0.29) is 18.3 Å². The van der Waals surface area contributed by atoms with Crippen LogP contribution in [-0.2, 0) is 9.53 Å². The van der Waals surface area contributed by atoms with Crippen LogP contribution in [0.4, 0.5) is 5.69 Å². The largest absolute Gasteiger partial charge is 0.381 e. The van der Waals surface area contributed by atoms with Crippen molar-refractivity contribution < 1.29 is 9.53 Å². The van der Waals surface area contributed by atoms with Crippen molar-refractivity contribution in [3.05, 3.63) is 48.0 Å². The van der Waals surface area contributed by atoms with Crippen molar-refractivity contribution in [2.45, 2.75) is 19.8 Å². The Morgan fingerprint density at radius 2 is 1.93 bits per heavy atom. The van der Waals surface area contributed by atoms with Crippen LogP contribution in [0.1, 0.15) is 18.4 Å². The van der Waals surface area contributed by atoms with Crippen molar-refractivity contribution in [2.75, 3.05) is 25.1 Å². The maximum atomic E-state index is 12.8. The van der Waals surface area contributed by atoms with Gasteiger partial charge < -0.3 is 15.8 Å². The number of thiazole rings is 1. The Hall–Kier alpha value is -1.99. The first-order valence-corrected chi connectivity index (χ1v) is 9.98. The number of nitrogens with one attached hydrogen (secondary N) is 1. The van der Waals surface area contributed by atoms with Gasteiger partial charge in [0.15, 0.2) is 0 Å². The Balaban J connectivity index is 0.00000225. The van der Waals surface area contributed by atoms with Crippen molar-refractivity contribution >= 4 is 45.6 Å². The predicted molar refractivity (Wildman–Crippen MR) is 117 cm³/mol. The minimum absolute atomic E-state index is 0. The summed E-state index contributed by atoms with van der Waals surface area (Å²) in [5, 5.41) is 4.01. The van der Waals surface area contributed by atoms with Gasteiger partial charge >= 0.3 is 0 Å². The van der Waals surface area contributed by atoms with Gasteiger partial charge in [-0.3, -0.25) is 4.79 Å². The van der Waals surface area contributed by atoms with E-state index in [1.807, 2.05) is 24.3 Å². The summed E-state index contributed by atoms with van der Waals surface area (Å²) in [4.78, 5) is 17.5. The molecule has 0 unspecified atom stereocenters. The van der Waals surface area contributed by atoms with Gasteiger partial charge in [-0.15, -0.1) is 23.7 Å². The molecule has 3 aromatic rings. The molecule has 4 rings (SSSR count). The molecule has 7 heteroatoms. The van der Waals surface area contributed by atoms with Crippen LogP contribution in [-0.4, -0.2) is 30.6 Å². The van der Waals surface area contributed by atoms with E-state index >= 15 is 0 Å². The van der Waals surface area contributed by atoms with Crippen LogP contribution in [0.5, 0.6) is 0 Å². The van der Waals surface area contributed by atoms with Crippen LogP contribution in [0.3, 0.4) is 0 Å².